The zero-order valence-electron chi connectivity index (χ0n) is 17.8. The minimum Gasteiger partial charge on any atom is -0.396 e. The summed E-state index contributed by atoms with van der Waals surface area (Å²) in [5, 5.41) is 11.9. The van der Waals surface area contributed by atoms with E-state index in [2.05, 4.69) is 5.32 Å². The first kappa shape index (κ1) is 23.2. The Kier molecular flexibility index (Phi) is 8.52. The van der Waals surface area contributed by atoms with Gasteiger partial charge in [0.25, 0.3) is 0 Å². The maximum Gasteiger partial charge on any atom is 0.247 e. The number of carbonyl (C=O) groups is 2. The summed E-state index contributed by atoms with van der Waals surface area (Å²) in [4.78, 5) is 28.2. The number of rotatable bonds is 10. The van der Waals surface area contributed by atoms with Crippen LogP contribution in [-0.4, -0.2) is 35.0 Å². The van der Waals surface area contributed by atoms with Gasteiger partial charge in [-0.05, 0) is 35.2 Å². The lowest BCUT2D eigenvalue weighted by molar-refractivity contribution is -0.141. The van der Waals surface area contributed by atoms with Gasteiger partial charge in [-0.25, -0.2) is 4.39 Å². The number of benzene rings is 3. The third kappa shape index (κ3) is 6.49. The zero-order chi connectivity index (χ0) is 22.8. The smallest absolute Gasteiger partial charge is 0.247 e. The summed E-state index contributed by atoms with van der Waals surface area (Å²) in [6, 6.07) is 23.5. The largest absolute Gasteiger partial charge is 0.396 e. The number of hydrogen-bond acceptors (Lipinski definition) is 3. The lowest BCUT2D eigenvalue weighted by Gasteiger charge is -2.32. The van der Waals surface area contributed by atoms with Crippen molar-refractivity contribution < 1.29 is 19.1 Å². The summed E-state index contributed by atoms with van der Waals surface area (Å²) in [6.45, 7) is 0.414. The predicted molar refractivity (Wildman–Crippen MR) is 121 cm³/mol. The van der Waals surface area contributed by atoms with E-state index in [4.69, 9.17) is 5.11 Å². The Labute approximate surface area is 187 Å². The van der Waals surface area contributed by atoms with Crippen molar-refractivity contribution in [2.24, 2.45) is 0 Å². The molecule has 0 fully saturated rings. The number of aliphatic hydroxyl groups excluding tert-OH is 1. The van der Waals surface area contributed by atoms with Gasteiger partial charge in [-0.3, -0.25) is 9.59 Å². The van der Waals surface area contributed by atoms with Gasteiger partial charge in [0, 0.05) is 19.7 Å². The Bertz CT molecular complexity index is 995. The average molecular weight is 435 g/mol. The van der Waals surface area contributed by atoms with Crippen LogP contribution in [0, 0.1) is 5.82 Å². The van der Waals surface area contributed by atoms with Crippen LogP contribution in [0.25, 0.3) is 0 Å². The normalized spacial score (nSPS) is 11.6. The quantitative estimate of drug-likeness (QED) is 0.479. The molecule has 0 aromatic heterocycles. The fourth-order valence-electron chi connectivity index (χ4n) is 3.48. The second kappa shape index (κ2) is 11.8. The lowest BCUT2D eigenvalue weighted by Crippen LogP contribution is -2.44. The van der Waals surface area contributed by atoms with Crippen molar-refractivity contribution in [2.45, 2.75) is 25.4 Å². The molecule has 5 nitrogen and oxygen atoms in total. The summed E-state index contributed by atoms with van der Waals surface area (Å²) in [5.74, 6) is -0.905. The van der Waals surface area contributed by atoms with E-state index in [-0.39, 0.29) is 37.2 Å². The highest BCUT2D eigenvalue weighted by Crippen LogP contribution is 2.25. The second-order valence-electron chi connectivity index (χ2n) is 7.49. The Hall–Kier alpha value is -3.51. The molecular weight excluding hydrogens is 407 g/mol. The van der Waals surface area contributed by atoms with E-state index in [0.29, 0.717) is 18.5 Å². The highest BCUT2D eigenvalue weighted by Gasteiger charge is 2.31. The molecule has 0 heterocycles. The molecule has 0 saturated heterocycles. The SMILES string of the molecule is O=C(NCCCO)[C@H](c1ccccc1)N(Cc1ccc(F)cc1)C(=O)Cc1ccccc1. The van der Waals surface area contributed by atoms with E-state index < -0.39 is 6.04 Å². The van der Waals surface area contributed by atoms with E-state index in [1.165, 1.54) is 17.0 Å². The number of aliphatic hydroxyl groups is 1. The monoisotopic (exact) mass is 434 g/mol. The van der Waals surface area contributed by atoms with Crippen LogP contribution in [-0.2, 0) is 22.6 Å². The fourth-order valence-corrected chi connectivity index (χ4v) is 3.48. The number of amides is 2. The Morgan fingerprint density at radius 3 is 2.12 bits per heavy atom. The standard InChI is InChI=1S/C26H27FN2O3/c27-23-14-12-21(13-15-23)19-29(24(31)18-20-8-3-1-4-9-20)25(22-10-5-2-6-11-22)26(32)28-16-7-17-30/h1-6,8-15,25,30H,7,16-19H2,(H,28,32)/t25-/m0/s1. The van der Waals surface area contributed by atoms with Gasteiger partial charge >= 0.3 is 0 Å². The van der Waals surface area contributed by atoms with Gasteiger partial charge in [0.05, 0.1) is 6.42 Å². The number of nitrogens with zero attached hydrogens (tertiary/aromatic N) is 1. The van der Waals surface area contributed by atoms with Crippen LogP contribution in [0.3, 0.4) is 0 Å². The molecule has 32 heavy (non-hydrogen) atoms. The molecule has 0 aliphatic heterocycles. The molecule has 2 N–H and O–H groups in total. The Morgan fingerprint density at radius 1 is 0.875 bits per heavy atom. The van der Waals surface area contributed by atoms with Crippen LogP contribution in [0.4, 0.5) is 4.39 Å². The number of nitrogens with one attached hydrogen (secondary N) is 1. The lowest BCUT2D eigenvalue weighted by atomic mass is 10.0. The molecule has 3 rings (SSSR count). The molecule has 0 unspecified atom stereocenters. The summed E-state index contributed by atoms with van der Waals surface area (Å²) >= 11 is 0. The van der Waals surface area contributed by atoms with Gasteiger partial charge in [-0.2, -0.15) is 0 Å². The molecule has 0 spiro atoms. The molecule has 166 valence electrons. The van der Waals surface area contributed by atoms with Crippen LogP contribution in [0.1, 0.15) is 29.2 Å². The molecule has 3 aromatic carbocycles. The van der Waals surface area contributed by atoms with Crippen molar-refractivity contribution in [2.75, 3.05) is 13.2 Å². The van der Waals surface area contributed by atoms with Crippen LogP contribution in [0.5, 0.6) is 0 Å². The minimum atomic E-state index is -0.865. The van der Waals surface area contributed by atoms with E-state index in [9.17, 15) is 14.0 Å². The van der Waals surface area contributed by atoms with Crippen LogP contribution in [0.2, 0.25) is 0 Å². The first-order chi connectivity index (χ1) is 15.6. The summed E-state index contributed by atoms with van der Waals surface area (Å²) < 4.78 is 13.4. The van der Waals surface area contributed by atoms with Crippen LogP contribution in [0.15, 0.2) is 84.9 Å². The van der Waals surface area contributed by atoms with Crippen molar-refractivity contribution in [1.82, 2.24) is 10.2 Å². The molecule has 1 atom stereocenters. The number of hydrogen-bond donors (Lipinski definition) is 2. The second-order valence-corrected chi connectivity index (χ2v) is 7.49. The maximum atomic E-state index is 13.5. The third-order valence-corrected chi connectivity index (χ3v) is 5.09. The number of halogens is 1. The van der Waals surface area contributed by atoms with Crippen molar-refractivity contribution in [3.8, 4) is 0 Å². The van der Waals surface area contributed by atoms with Gasteiger partial charge in [0.1, 0.15) is 11.9 Å². The van der Waals surface area contributed by atoms with Gasteiger partial charge in [-0.1, -0.05) is 72.8 Å². The van der Waals surface area contributed by atoms with E-state index >= 15 is 0 Å². The molecule has 0 aliphatic carbocycles. The van der Waals surface area contributed by atoms with E-state index in [1.54, 1.807) is 12.1 Å². The van der Waals surface area contributed by atoms with E-state index in [0.717, 1.165) is 11.1 Å². The van der Waals surface area contributed by atoms with Gasteiger partial charge in [0.2, 0.25) is 11.8 Å². The van der Waals surface area contributed by atoms with E-state index in [1.807, 2.05) is 60.7 Å². The average Bonchev–Trinajstić information content (AvgIpc) is 2.81. The summed E-state index contributed by atoms with van der Waals surface area (Å²) in [5.41, 5.74) is 2.24. The van der Waals surface area contributed by atoms with Crippen molar-refractivity contribution in [3.05, 3.63) is 107 Å². The zero-order valence-corrected chi connectivity index (χ0v) is 17.8. The molecule has 0 bridgehead atoms. The first-order valence-electron chi connectivity index (χ1n) is 10.6. The molecule has 0 radical (unpaired) electrons. The van der Waals surface area contributed by atoms with Crippen molar-refractivity contribution >= 4 is 11.8 Å². The molecule has 2 amide bonds. The minimum absolute atomic E-state index is 0.0392. The Balaban J connectivity index is 1.96. The summed E-state index contributed by atoms with van der Waals surface area (Å²) in [6.07, 6.45) is 0.554. The topological polar surface area (TPSA) is 69.6 Å². The summed E-state index contributed by atoms with van der Waals surface area (Å²) in [7, 11) is 0. The predicted octanol–water partition coefficient (Wildman–Crippen LogP) is 3.64. The van der Waals surface area contributed by atoms with Gasteiger partial charge in [-0.15, -0.1) is 0 Å². The molecular formula is C26H27FN2O3. The van der Waals surface area contributed by atoms with Gasteiger partial charge in [0.15, 0.2) is 0 Å². The van der Waals surface area contributed by atoms with Crippen molar-refractivity contribution in [3.63, 3.8) is 0 Å². The fraction of sp³-hybridized carbons (Fsp3) is 0.231. The van der Waals surface area contributed by atoms with Gasteiger partial charge < -0.3 is 15.3 Å². The molecule has 6 heteroatoms. The molecule has 0 aliphatic rings. The maximum absolute atomic E-state index is 13.5. The van der Waals surface area contributed by atoms with Crippen LogP contribution >= 0.6 is 0 Å². The first-order valence-corrected chi connectivity index (χ1v) is 10.6. The third-order valence-electron chi connectivity index (χ3n) is 5.09. The molecule has 0 saturated carbocycles. The highest BCUT2D eigenvalue weighted by atomic mass is 19.1. The Morgan fingerprint density at radius 2 is 1.50 bits per heavy atom. The van der Waals surface area contributed by atoms with Crippen molar-refractivity contribution in [1.29, 1.82) is 0 Å². The number of carbonyl (C=O) groups excluding carboxylic acids is 2. The molecule has 3 aromatic rings. The highest BCUT2D eigenvalue weighted by molar-refractivity contribution is 5.89. The van der Waals surface area contributed by atoms with Crippen LogP contribution < -0.4 is 5.32 Å².